The average Bonchev–Trinajstić information content (AvgIpc) is 3.29. The van der Waals surface area contributed by atoms with Crippen LogP contribution >= 0.6 is 0 Å². The van der Waals surface area contributed by atoms with E-state index in [0.717, 1.165) is 22.7 Å². The number of hydrogen-bond acceptors (Lipinski definition) is 4. The van der Waals surface area contributed by atoms with Gasteiger partial charge in [0.25, 0.3) is 5.91 Å². The van der Waals surface area contributed by atoms with Gasteiger partial charge in [-0.05, 0) is 54.6 Å². The Bertz CT molecular complexity index is 1150. The van der Waals surface area contributed by atoms with E-state index in [4.69, 9.17) is 9.47 Å². The van der Waals surface area contributed by atoms with Gasteiger partial charge in [-0.15, -0.1) is 0 Å². The number of carbonyl (C=O) groups excluding carboxylic acids is 1. The predicted molar refractivity (Wildman–Crippen MR) is 116 cm³/mol. The third-order valence-corrected chi connectivity index (χ3v) is 4.73. The number of benzene rings is 3. The molecule has 0 fully saturated rings. The molecule has 3 aromatic carbocycles. The molecule has 6 heteroatoms. The molecule has 0 radical (unpaired) electrons. The van der Waals surface area contributed by atoms with Crippen LogP contribution < -0.4 is 14.8 Å². The minimum Gasteiger partial charge on any atom is -0.497 e. The van der Waals surface area contributed by atoms with Crippen molar-refractivity contribution in [3.8, 4) is 28.4 Å². The van der Waals surface area contributed by atoms with Crippen molar-refractivity contribution < 1.29 is 14.3 Å². The third-order valence-electron chi connectivity index (χ3n) is 4.73. The summed E-state index contributed by atoms with van der Waals surface area (Å²) < 4.78 is 12.6. The fourth-order valence-electron chi connectivity index (χ4n) is 3.20. The molecule has 0 saturated heterocycles. The highest BCUT2D eigenvalue weighted by atomic mass is 16.5. The summed E-state index contributed by atoms with van der Waals surface area (Å²) in [5.74, 6) is 1.27. The maximum Gasteiger partial charge on any atom is 0.255 e. The van der Waals surface area contributed by atoms with Crippen LogP contribution in [0.25, 0.3) is 16.9 Å². The summed E-state index contributed by atoms with van der Waals surface area (Å²) in [5.41, 5.74) is 3.98. The maximum absolute atomic E-state index is 12.3. The second-order valence-electron chi connectivity index (χ2n) is 6.56. The van der Waals surface area contributed by atoms with E-state index in [1.54, 1.807) is 32.5 Å². The number of amides is 1. The Kier molecular flexibility index (Phi) is 5.48. The van der Waals surface area contributed by atoms with Gasteiger partial charge in [0.2, 0.25) is 0 Å². The van der Waals surface area contributed by atoms with E-state index in [9.17, 15) is 4.79 Å². The Labute approximate surface area is 174 Å². The van der Waals surface area contributed by atoms with Crippen LogP contribution in [-0.4, -0.2) is 29.9 Å². The van der Waals surface area contributed by atoms with E-state index in [1.807, 2.05) is 71.4 Å². The smallest absolute Gasteiger partial charge is 0.255 e. The number of anilines is 1. The summed E-state index contributed by atoms with van der Waals surface area (Å²) in [4.78, 5) is 12.3. The molecule has 1 N–H and O–H groups in total. The quantitative estimate of drug-likeness (QED) is 0.505. The van der Waals surface area contributed by atoms with Crippen LogP contribution in [0.3, 0.4) is 0 Å². The summed E-state index contributed by atoms with van der Waals surface area (Å²) in [6, 6.07) is 24.2. The van der Waals surface area contributed by atoms with Crippen LogP contribution in [0.5, 0.6) is 11.5 Å². The Morgan fingerprint density at radius 3 is 2.37 bits per heavy atom. The molecule has 0 aliphatic carbocycles. The van der Waals surface area contributed by atoms with Crippen molar-refractivity contribution in [3.63, 3.8) is 0 Å². The summed E-state index contributed by atoms with van der Waals surface area (Å²) in [6.07, 6.45) is 1.74. The zero-order valence-corrected chi connectivity index (χ0v) is 16.7. The van der Waals surface area contributed by atoms with Gasteiger partial charge in [0.05, 0.1) is 31.8 Å². The monoisotopic (exact) mass is 399 g/mol. The number of nitrogens with zero attached hydrogens (tertiary/aromatic N) is 2. The van der Waals surface area contributed by atoms with E-state index in [2.05, 4.69) is 10.4 Å². The van der Waals surface area contributed by atoms with Crippen molar-refractivity contribution in [2.45, 2.75) is 0 Å². The van der Waals surface area contributed by atoms with Gasteiger partial charge in [-0.25, -0.2) is 4.68 Å². The fraction of sp³-hybridized carbons (Fsp3) is 0.0833. The SMILES string of the molecule is COc1ccc(-c2ccnn2-c2ccc(NC(=O)c3ccccc3)cc2)c(OC)c1. The van der Waals surface area contributed by atoms with Gasteiger partial charge in [0, 0.05) is 22.9 Å². The standard InChI is InChI=1S/C24H21N3O3/c1-29-20-12-13-21(23(16-20)30-2)22-14-15-25-27(22)19-10-8-18(9-11-19)26-24(28)17-6-4-3-5-7-17/h3-16H,1-2H3,(H,26,28). The Hall–Kier alpha value is -4.06. The molecule has 1 amide bonds. The lowest BCUT2D eigenvalue weighted by atomic mass is 10.1. The van der Waals surface area contributed by atoms with E-state index in [0.29, 0.717) is 17.0 Å². The Morgan fingerprint density at radius 2 is 1.67 bits per heavy atom. The highest BCUT2D eigenvalue weighted by Gasteiger charge is 2.14. The maximum atomic E-state index is 12.3. The predicted octanol–water partition coefficient (Wildman–Crippen LogP) is 4.81. The Morgan fingerprint density at radius 1 is 0.900 bits per heavy atom. The largest absolute Gasteiger partial charge is 0.497 e. The van der Waals surface area contributed by atoms with Gasteiger partial charge in [0.15, 0.2) is 0 Å². The van der Waals surface area contributed by atoms with Crippen LogP contribution in [0.15, 0.2) is 85.1 Å². The molecule has 30 heavy (non-hydrogen) atoms. The zero-order chi connectivity index (χ0) is 20.9. The molecule has 1 heterocycles. The molecule has 4 rings (SSSR count). The van der Waals surface area contributed by atoms with Crippen molar-refractivity contribution in [1.29, 1.82) is 0 Å². The Balaban J connectivity index is 1.60. The van der Waals surface area contributed by atoms with Gasteiger partial charge in [-0.2, -0.15) is 5.10 Å². The van der Waals surface area contributed by atoms with Crippen molar-refractivity contribution in [3.05, 3.63) is 90.6 Å². The van der Waals surface area contributed by atoms with Gasteiger partial charge in [-0.1, -0.05) is 18.2 Å². The highest BCUT2D eigenvalue weighted by molar-refractivity contribution is 6.04. The first-order valence-electron chi connectivity index (χ1n) is 9.43. The minimum atomic E-state index is -0.147. The average molecular weight is 399 g/mol. The lowest BCUT2D eigenvalue weighted by Gasteiger charge is -2.13. The topological polar surface area (TPSA) is 65.4 Å². The summed E-state index contributed by atoms with van der Waals surface area (Å²) in [6.45, 7) is 0. The lowest BCUT2D eigenvalue weighted by molar-refractivity contribution is 0.102. The molecular formula is C24H21N3O3. The minimum absolute atomic E-state index is 0.147. The van der Waals surface area contributed by atoms with Gasteiger partial charge < -0.3 is 14.8 Å². The van der Waals surface area contributed by atoms with Crippen molar-refractivity contribution >= 4 is 11.6 Å². The molecule has 0 aliphatic rings. The first-order chi connectivity index (χ1) is 14.7. The number of rotatable bonds is 6. The van der Waals surface area contributed by atoms with E-state index >= 15 is 0 Å². The molecule has 0 unspecified atom stereocenters. The fourth-order valence-corrected chi connectivity index (χ4v) is 3.20. The number of ether oxygens (including phenoxy) is 2. The summed E-state index contributed by atoms with van der Waals surface area (Å²) in [7, 11) is 3.25. The van der Waals surface area contributed by atoms with Crippen LogP contribution in [0, 0.1) is 0 Å². The molecule has 6 nitrogen and oxygen atoms in total. The van der Waals surface area contributed by atoms with Crippen molar-refractivity contribution in [1.82, 2.24) is 9.78 Å². The lowest BCUT2D eigenvalue weighted by Crippen LogP contribution is -2.11. The molecule has 0 bridgehead atoms. The number of hydrogen-bond donors (Lipinski definition) is 1. The molecule has 0 saturated carbocycles. The van der Waals surface area contributed by atoms with Crippen molar-refractivity contribution in [2.75, 3.05) is 19.5 Å². The molecule has 1 aromatic heterocycles. The molecule has 0 aliphatic heterocycles. The van der Waals surface area contributed by atoms with E-state index in [1.165, 1.54) is 0 Å². The number of carbonyl (C=O) groups is 1. The van der Waals surface area contributed by atoms with Crippen LogP contribution in [0.2, 0.25) is 0 Å². The van der Waals surface area contributed by atoms with E-state index < -0.39 is 0 Å². The van der Waals surface area contributed by atoms with Gasteiger partial charge >= 0.3 is 0 Å². The third kappa shape index (κ3) is 3.89. The van der Waals surface area contributed by atoms with Crippen LogP contribution in [-0.2, 0) is 0 Å². The summed E-state index contributed by atoms with van der Waals surface area (Å²) in [5, 5.41) is 7.37. The normalized spacial score (nSPS) is 10.5. The first-order valence-corrected chi connectivity index (χ1v) is 9.43. The number of methoxy groups -OCH3 is 2. The second-order valence-corrected chi connectivity index (χ2v) is 6.56. The molecule has 150 valence electrons. The van der Waals surface area contributed by atoms with Gasteiger partial charge in [-0.3, -0.25) is 4.79 Å². The van der Waals surface area contributed by atoms with Gasteiger partial charge in [0.1, 0.15) is 11.5 Å². The molecule has 4 aromatic rings. The zero-order valence-electron chi connectivity index (χ0n) is 16.7. The molecular weight excluding hydrogens is 378 g/mol. The van der Waals surface area contributed by atoms with Crippen LogP contribution in [0.4, 0.5) is 5.69 Å². The van der Waals surface area contributed by atoms with Crippen molar-refractivity contribution in [2.24, 2.45) is 0 Å². The number of aromatic nitrogens is 2. The molecule has 0 spiro atoms. The van der Waals surface area contributed by atoms with Crippen LogP contribution in [0.1, 0.15) is 10.4 Å². The van der Waals surface area contributed by atoms with E-state index in [-0.39, 0.29) is 5.91 Å². The second kappa shape index (κ2) is 8.53. The summed E-state index contributed by atoms with van der Waals surface area (Å²) >= 11 is 0. The first kappa shape index (κ1) is 19.3. The molecule has 0 atom stereocenters. The number of nitrogens with one attached hydrogen (secondary N) is 1. The highest BCUT2D eigenvalue weighted by Crippen LogP contribution is 2.34.